The molecule has 0 saturated carbocycles. The minimum atomic E-state index is -0.383. The van der Waals surface area contributed by atoms with E-state index in [0.717, 1.165) is 41.7 Å². The molecule has 0 fully saturated rings. The van der Waals surface area contributed by atoms with Crippen LogP contribution in [0.1, 0.15) is 53.1 Å². The number of nitrogens with zero attached hydrogens (tertiary/aromatic N) is 5. The van der Waals surface area contributed by atoms with E-state index in [9.17, 15) is 9.59 Å². The van der Waals surface area contributed by atoms with Crippen LogP contribution in [-0.2, 0) is 36.0 Å². The Morgan fingerprint density at radius 1 is 1.18 bits per heavy atom. The Labute approximate surface area is 239 Å². The van der Waals surface area contributed by atoms with Gasteiger partial charge < -0.3 is 10.1 Å². The maximum absolute atomic E-state index is 13.1. The number of amides is 1. The summed E-state index contributed by atoms with van der Waals surface area (Å²) in [7, 11) is 1.79. The number of hydrogen-bond acceptors (Lipinski definition) is 8. The lowest BCUT2D eigenvalue weighted by atomic mass is 9.95. The van der Waals surface area contributed by atoms with Gasteiger partial charge in [0.05, 0.1) is 29.0 Å². The number of anilines is 1. The third-order valence-electron chi connectivity index (χ3n) is 6.20. The molecule has 1 aromatic carbocycles. The van der Waals surface area contributed by atoms with E-state index in [0.29, 0.717) is 38.8 Å². The van der Waals surface area contributed by atoms with E-state index < -0.39 is 0 Å². The van der Waals surface area contributed by atoms with E-state index in [1.54, 1.807) is 17.9 Å². The van der Waals surface area contributed by atoms with E-state index in [2.05, 4.69) is 20.6 Å². The van der Waals surface area contributed by atoms with E-state index in [4.69, 9.17) is 16.3 Å². The van der Waals surface area contributed by atoms with Crippen LogP contribution in [0.25, 0.3) is 11.5 Å². The second kappa shape index (κ2) is 11.9. The number of aryl methyl sites for hydroxylation is 2. The second-order valence-corrected chi connectivity index (χ2v) is 12.0. The first-order chi connectivity index (χ1) is 18.8. The lowest BCUT2D eigenvalue weighted by Gasteiger charge is -2.14. The zero-order valence-corrected chi connectivity index (χ0v) is 24.3. The number of nitrogens with one attached hydrogen (secondary N) is 1. The lowest BCUT2D eigenvalue weighted by molar-refractivity contribution is -0.113. The summed E-state index contributed by atoms with van der Waals surface area (Å²) in [6.45, 7) is 4.13. The van der Waals surface area contributed by atoms with Gasteiger partial charge in [-0.3, -0.25) is 14.0 Å². The molecule has 3 heterocycles. The zero-order chi connectivity index (χ0) is 27.5. The maximum Gasteiger partial charge on any atom is 0.341 e. The van der Waals surface area contributed by atoms with Gasteiger partial charge >= 0.3 is 5.97 Å². The van der Waals surface area contributed by atoms with Crippen LogP contribution in [0.3, 0.4) is 0 Å². The molecule has 1 aliphatic rings. The molecule has 5 rings (SSSR count). The Bertz CT molecular complexity index is 1490. The molecule has 0 atom stereocenters. The quantitative estimate of drug-likeness (QED) is 0.201. The van der Waals surface area contributed by atoms with E-state index >= 15 is 0 Å². The van der Waals surface area contributed by atoms with Gasteiger partial charge in [-0.2, -0.15) is 5.10 Å². The van der Waals surface area contributed by atoms with Gasteiger partial charge in [0, 0.05) is 18.1 Å². The number of thiophene rings is 1. The standard InChI is InChI=1S/C27H29ClN6O3S2/c1-16(2)37-26(36)22-18-11-7-8-12-20(18)39-25(22)29-21(35)15-38-27-31-30-24(23-19(28)14-33(3)32-23)34(27)13-17-9-5-4-6-10-17/h4-6,9-10,14,16H,7-8,11-13,15H2,1-3H3,(H,29,35). The minimum absolute atomic E-state index is 0.0874. The monoisotopic (exact) mass is 584 g/mol. The first-order valence-electron chi connectivity index (χ1n) is 12.7. The Balaban J connectivity index is 1.37. The molecule has 1 amide bonds. The number of carbonyl (C=O) groups excluding carboxylic acids is 2. The summed E-state index contributed by atoms with van der Waals surface area (Å²) in [5.41, 5.74) is 3.09. The van der Waals surface area contributed by atoms with Crippen LogP contribution in [-0.4, -0.2) is 48.3 Å². The average Bonchev–Trinajstić information content (AvgIpc) is 3.56. The van der Waals surface area contributed by atoms with Crippen molar-refractivity contribution in [3.05, 3.63) is 63.1 Å². The number of esters is 1. The molecule has 0 spiro atoms. The molecule has 9 nitrogen and oxygen atoms in total. The molecular weight excluding hydrogens is 556 g/mol. The van der Waals surface area contributed by atoms with Crippen molar-refractivity contribution in [3.8, 4) is 11.5 Å². The van der Waals surface area contributed by atoms with Crippen LogP contribution in [0.15, 0.2) is 41.7 Å². The van der Waals surface area contributed by atoms with Crippen molar-refractivity contribution >= 4 is 51.6 Å². The number of ether oxygens (including phenoxy) is 1. The van der Waals surface area contributed by atoms with Crippen LogP contribution < -0.4 is 5.32 Å². The number of thioether (sulfide) groups is 1. The maximum atomic E-state index is 13.1. The summed E-state index contributed by atoms with van der Waals surface area (Å²) in [4.78, 5) is 27.2. The zero-order valence-electron chi connectivity index (χ0n) is 21.9. The summed E-state index contributed by atoms with van der Waals surface area (Å²) in [5, 5.41) is 17.8. The molecule has 3 aromatic heterocycles. The fourth-order valence-electron chi connectivity index (χ4n) is 4.53. The van der Waals surface area contributed by atoms with Crippen molar-refractivity contribution in [2.75, 3.05) is 11.1 Å². The molecule has 12 heteroatoms. The van der Waals surface area contributed by atoms with Crippen LogP contribution in [0.4, 0.5) is 5.00 Å². The second-order valence-electron chi connectivity index (χ2n) is 9.58. The van der Waals surface area contributed by atoms with Crippen LogP contribution in [0, 0.1) is 0 Å². The summed E-state index contributed by atoms with van der Waals surface area (Å²) in [6.07, 6.45) is 5.30. The number of aromatic nitrogens is 5. The fourth-order valence-corrected chi connectivity index (χ4v) is 6.82. The van der Waals surface area contributed by atoms with E-state index in [1.807, 2.05) is 48.7 Å². The van der Waals surface area contributed by atoms with Crippen molar-refractivity contribution in [3.63, 3.8) is 0 Å². The number of rotatable bonds is 9. The first kappa shape index (κ1) is 27.4. The van der Waals surface area contributed by atoms with E-state index in [-0.39, 0.29) is 23.7 Å². The molecule has 1 N–H and O–H groups in total. The number of benzene rings is 1. The lowest BCUT2D eigenvalue weighted by Crippen LogP contribution is -2.19. The van der Waals surface area contributed by atoms with Gasteiger partial charge in [0.15, 0.2) is 11.0 Å². The third kappa shape index (κ3) is 6.21. The molecule has 39 heavy (non-hydrogen) atoms. The van der Waals surface area contributed by atoms with Crippen LogP contribution in [0.2, 0.25) is 5.02 Å². The van der Waals surface area contributed by atoms with Crippen LogP contribution in [0.5, 0.6) is 0 Å². The molecule has 0 radical (unpaired) electrons. The molecule has 0 bridgehead atoms. The first-order valence-corrected chi connectivity index (χ1v) is 14.9. The average molecular weight is 585 g/mol. The number of hydrogen-bond donors (Lipinski definition) is 1. The smallest absolute Gasteiger partial charge is 0.341 e. The molecule has 0 aliphatic heterocycles. The van der Waals surface area contributed by atoms with Gasteiger partial charge in [0.25, 0.3) is 0 Å². The van der Waals surface area contributed by atoms with Gasteiger partial charge in [-0.05, 0) is 50.7 Å². The fraction of sp³-hybridized carbons (Fsp3) is 0.370. The van der Waals surface area contributed by atoms with Gasteiger partial charge in [0.1, 0.15) is 10.7 Å². The number of fused-ring (bicyclic) bond motifs is 1. The number of halogens is 1. The Hall–Kier alpha value is -3.15. The van der Waals surface area contributed by atoms with E-state index in [1.165, 1.54) is 23.1 Å². The third-order valence-corrected chi connectivity index (χ3v) is 8.65. The predicted molar refractivity (Wildman–Crippen MR) is 154 cm³/mol. The molecule has 1 aliphatic carbocycles. The topological polar surface area (TPSA) is 104 Å². The molecular formula is C27H29ClN6O3S2. The normalized spacial score (nSPS) is 12.9. The van der Waals surface area contributed by atoms with Gasteiger partial charge in [-0.1, -0.05) is 53.7 Å². The molecule has 204 valence electrons. The van der Waals surface area contributed by atoms with Crippen molar-refractivity contribution < 1.29 is 14.3 Å². The summed E-state index contributed by atoms with van der Waals surface area (Å²) >= 11 is 9.17. The highest BCUT2D eigenvalue weighted by molar-refractivity contribution is 7.99. The van der Waals surface area contributed by atoms with Crippen molar-refractivity contribution in [1.82, 2.24) is 24.5 Å². The molecule has 0 unspecified atom stereocenters. The highest BCUT2D eigenvalue weighted by Crippen LogP contribution is 2.39. The highest BCUT2D eigenvalue weighted by Gasteiger charge is 2.28. The Kier molecular flexibility index (Phi) is 8.39. The Morgan fingerprint density at radius 2 is 1.95 bits per heavy atom. The summed E-state index contributed by atoms with van der Waals surface area (Å²) < 4.78 is 9.05. The minimum Gasteiger partial charge on any atom is -0.459 e. The van der Waals surface area contributed by atoms with Crippen molar-refractivity contribution in [1.29, 1.82) is 0 Å². The summed E-state index contributed by atoms with van der Waals surface area (Å²) in [5.74, 6) is -0.00266. The summed E-state index contributed by atoms with van der Waals surface area (Å²) in [6, 6.07) is 9.92. The predicted octanol–water partition coefficient (Wildman–Crippen LogP) is 5.62. The SMILES string of the molecule is CC(C)OC(=O)c1c(NC(=O)CSc2nnc(-c3nn(C)cc3Cl)n2Cc2ccccc2)sc2c1CCCC2. The van der Waals surface area contributed by atoms with Crippen molar-refractivity contribution in [2.45, 2.75) is 57.3 Å². The highest BCUT2D eigenvalue weighted by atomic mass is 35.5. The molecule has 4 aromatic rings. The van der Waals surface area contributed by atoms with Gasteiger partial charge in [-0.25, -0.2) is 4.79 Å². The molecule has 0 saturated heterocycles. The van der Waals surface area contributed by atoms with Gasteiger partial charge in [-0.15, -0.1) is 21.5 Å². The number of carbonyl (C=O) groups is 2. The van der Waals surface area contributed by atoms with Crippen molar-refractivity contribution in [2.24, 2.45) is 7.05 Å². The van der Waals surface area contributed by atoms with Crippen LogP contribution >= 0.6 is 34.7 Å². The van der Waals surface area contributed by atoms with Gasteiger partial charge in [0.2, 0.25) is 5.91 Å². The largest absolute Gasteiger partial charge is 0.459 e. The Morgan fingerprint density at radius 3 is 2.67 bits per heavy atom.